The average Bonchev–Trinajstić information content (AvgIpc) is 3.09. The molecule has 0 aliphatic carbocycles. The lowest BCUT2D eigenvalue weighted by Crippen LogP contribution is -2.33. The van der Waals surface area contributed by atoms with Crippen molar-refractivity contribution in [3.8, 4) is 5.75 Å². The van der Waals surface area contributed by atoms with Gasteiger partial charge in [-0.05, 0) is 56.3 Å². The number of para-hydroxylation sites is 1. The first-order valence-electron chi connectivity index (χ1n) is 11.3. The largest absolute Gasteiger partial charge is 0.496 e. The predicted molar refractivity (Wildman–Crippen MR) is 129 cm³/mol. The van der Waals surface area contributed by atoms with Gasteiger partial charge < -0.3 is 4.74 Å². The lowest BCUT2D eigenvalue weighted by molar-refractivity contribution is 0.170. The molecule has 3 aromatic rings. The summed E-state index contributed by atoms with van der Waals surface area (Å²) in [7, 11) is 1.60. The van der Waals surface area contributed by atoms with Gasteiger partial charge in [-0.15, -0.1) is 0 Å². The van der Waals surface area contributed by atoms with Gasteiger partial charge in [0.25, 0.3) is 0 Å². The summed E-state index contributed by atoms with van der Waals surface area (Å²) in [5, 5.41) is 0. The fraction of sp³-hybridized carbons (Fsp3) is 0.440. The van der Waals surface area contributed by atoms with E-state index in [1.165, 1.54) is 23.0 Å². The third kappa shape index (κ3) is 5.58. The molecule has 0 N–H and O–H groups in total. The molecule has 1 aliphatic heterocycles. The van der Waals surface area contributed by atoms with E-state index in [0.717, 1.165) is 49.6 Å². The average molecular weight is 454 g/mol. The van der Waals surface area contributed by atoms with Crippen LogP contribution in [0.25, 0.3) is 0 Å². The minimum Gasteiger partial charge on any atom is -0.496 e. The number of hydrogen-bond acceptors (Lipinski definition) is 5. The van der Waals surface area contributed by atoms with Gasteiger partial charge in [0, 0.05) is 30.2 Å². The highest BCUT2D eigenvalue weighted by Crippen LogP contribution is 2.23. The Labute approximate surface area is 192 Å². The summed E-state index contributed by atoms with van der Waals surface area (Å²) in [6, 6.07) is 18.1. The van der Waals surface area contributed by atoms with Crippen LogP contribution >= 0.6 is 11.5 Å². The maximum atomic E-state index is 12.8. The molecule has 0 bridgehead atoms. The van der Waals surface area contributed by atoms with Crippen LogP contribution in [0, 0.1) is 5.92 Å². The summed E-state index contributed by atoms with van der Waals surface area (Å²) in [6.45, 7) is 4.13. The van der Waals surface area contributed by atoms with Crippen LogP contribution in [0.15, 0.2) is 64.2 Å². The molecular weight excluding hydrogens is 422 g/mol. The standard InChI is InChI=1S/C25H31N3O3S/c1-31-23-12-6-5-11-22(23)19-27-24(29)28(32-25(27)30)15-7-10-20-13-16-26(17-14-20)18-21-8-3-2-4-9-21/h2-6,8-9,11-12,20H,7,10,13-19H2,1H3. The summed E-state index contributed by atoms with van der Waals surface area (Å²) in [4.78, 5) is 27.5. The Morgan fingerprint density at radius 3 is 2.44 bits per heavy atom. The molecule has 170 valence electrons. The summed E-state index contributed by atoms with van der Waals surface area (Å²) >= 11 is 1.02. The van der Waals surface area contributed by atoms with Gasteiger partial charge in [-0.25, -0.2) is 13.3 Å². The van der Waals surface area contributed by atoms with Crippen molar-refractivity contribution in [2.75, 3.05) is 20.2 Å². The fourth-order valence-corrected chi connectivity index (χ4v) is 5.30. The minimum atomic E-state index is -0.219. The highest BCUT2D eigenvalue weighted by molar-refractivity contribution is 7.03. The third-order valence-corrected chi connectivity index (χ3v) is 7.24. The van der Waals surface area contributed by atoms with Crippen LogP contribution in [0.3, 0.4) is 0 Å². The Morgan fingerprint density at radius 1 is 0.969 bits per heavy atom. The smallest absolute Gasteiger partial charge is 0.341 e. The maximum Gasteiger partial charge on any atom is 0.341 e. The van der Waals surface area contributed by atoms with Gasteiger partial charge >= 0.3 is 10.6 Å². The van der Waals surface area contributed by atoms with E-state index in [1.54, 1.807) is 11.1 Å². The van der Waals surface area contributed by atoms with E-state index in [1.807, 2.05) is 24.3 Å². The molecule has 0 amide bonds. The number of benzene rings is 2. The Morgan fingerprint density at radius 2 is 1.69 bits per heavy atom. The molecule has 7 heteroatoms. The molecule has 1 fully saturated rings. The van der Waals surface area contributed by atoms with Crippen LogP contribution in [0.5, 0.6) is 5.75 Å². The molecule has 1 aliphatic rings. The first-order chi connectivity index (χ1) is 15.6. The molecule has 1 saturated heterocycles. The predicted octanol–water partition coefficient (Wildman–Crippen LogP) is 3.82. The topological polar surface area (TPSA) is 56.5 Å². The van der Waals surface area contributed by atoms with E-state index in [-0.39, 0.29) is 17.1 Å². The molecule has 0 unspecified atom stereocenters. The van der Waals surface area contributed by atoms with Crippen molar-refractivity contribution < 1.29 is 4.74 Å². The Hall–Kier alpha value is -2.64. The highest BCUT2D eigenvalue weighted by Gasteiger charge is 2.19. The van der Waals surface area contributed by atoms with E-state index >= 15 is 0 Å². The zero-order valence-electron chi connectivity index (χ0n) is 18.6. The summed E-state index contributed by atoms with van der Waals surface area (Å²) in [5.74, 6) is 1.39. The van der Waals surface area contributed by atoms with E-state index in [9.17, 15) is 9.59 Å². The zero-order valence-corrected chi connectivity index (χ0v) is 19.4. The van der Waals surface area contributed by atoms with Crippen molar-refractivity contribution in [3.63, 3.8) is 0 Å². The zero-order chi connectivity index (χ0) is 22.3. The molecule has 1 aromatic heterocycles. The van der Waals surface area contributed by atoms with Gasteiger partial charge in [0.2, 0.25) is 0 Å². The van der Waals surface area contributed by atoms with Gasteiger partial charge in [0.1, 0.15) is 5.75 Å². The van der Waals surface area contributed by atoms with Crippen LogP contribution in [-0.4, -0.2) is 33.6 Å². The molecular formula is C25H31N3O3S. The quantitative estimate of drug-likeness (QED) is 0.494. The van der Waals surface area contributed by atoms with Crippen molar-refractivity contribution in [3.05, 3.63) is 85.9 Å². The van der Waals surface area contributed by atoms with E-state index in [0.29, 0.717) is 18.2 Å². The normalized spacial score (nSPS) is 15.2. The van der Waals surface area contributed by atoms with Crippen molar-refractivity contribution in [2.24, 2.45) is 5.92 Å². The number of methoxy groups -OCH3 is 1. The van der Waals surface area contributed by atoms with Gasteiger partial charge in [-0.3, -0.25) is 9.69 Å². The van der Waals surface area contributed by atoms with Crippen molar-refractivity contribution in [1.82, 2.24) is 13.4 Å². The van der Waals surface area contributed by atoms with Gasteiger partial charge in [-0.1, -0.05) is 48.5 Å². The number of ether oxygens (including phenoxy) is 1. The molecule has 2 aromatic carbocycles. The molecule has 6 nitrogen and oxygen atoms in total. The second-order valence-electron chi connectivity index (χ2n) is 8.49. The molecule has 0 radical (unpaired) electrons. The maximum absolute atomic E-state index is 12.8. The van der Waals surface area contributed by atoms with E-state index < -0.39 is 0 Å². The molecule has 0 spiro atoms. The number of piperidine rings is 1. The number of aromatic nitrogens is 2. The number of rotatable bonds is 9. The lowest BCUT2D eigenvalue weighted by Gasteiger charge is -2.32. The van der Waals surface area contributed by atoms with Crippen molar-refractivity contribution >= 4 is 11.5 Å². The minimum absolute atomic E-state index is 0.213. The number of likely N-dealkylation sites (tertiary alicyclic amines) is 1. The molecule has 2 heterocycles. The number of hydrogen-bond donors (Lipinski definition) is 0. The Balaban J connectivity index is 1.27. The fourth-order valence-electron chi connectivity index (χ4n) is 4.47. The van der Waals surface area contributed by atoms with Gasteiger partial charge in [0.05, 0.1) is 13.7 Å². The second-order valence-corrected chi connectivity index (χ2v) is 9.46. The molecule has 4 rings (SSSR count). The van der Waals surface area contributed by atoms with Crippen LogP contribution in [0.2, 0.25) is 0 Å². The van der Waals surface area contributed by atoms with Crippen LogP contribution in [0.1, 0.15) is 36.8 Å². The van der Waals surface area contributed by atoms with Crippen LogP contribution < -0.4 is 15.3 Å². The lowest BCUT2D eigenvalue weighted by atomic mass is 9.92. The monoisotopic (exact) mass is 453 g/mol. The van der Waals surface area contributed by atoms with Crippen molar-refractivity contribution in [1.29, 1.82) is 0 Å². The van der Waals surface area contributed by atoms with E-state index in [4.69, 9.17) is 4.74 Å². The molecule has 0 atom stereocenters. The van der Waals surface area contributed by atoms with Crippen LogP contribution in [-0.2, 0) is 19.6 Å². The summed E-state index contributed by atoms with van der Waals surface area (Å²) in [6.07, 6.45) is 4.43. The SMILES string of the molecule is COc1ccccc1Cn1c(=O)sn(CCCC2CCN(Cc3ccccc3)CC2)c1=O. The first-order valence-corrected chi connectivity index (χ1v) is 12.1. The van der Waals surface area contributed by atoms with Gasteiger partial charge in [-0.2, -0.15) is 0 Å². The van der Waals surface area contributed by atoms with E-state index in [2.05, 4.69) is 35.2 Å². The number of nitrogens with zero attached hydrogens (tertiary/aromatic N) is 3. The van der Waals surface area contributed by atoms with Crippen LogP contribution in [0.4, 0.5) is 0 Å². The van der Waals surface area contributed by atoms with Crippen molar-refractivity contribution in [2.45, 2.75) is 45.3 Å². The first kappa shape index (κ1) is 22.6. The van der Waals surface area contributed by atoms with Gasteiger partial charge in [0.15, 0.2) is 0 Å². The third-order valence-electron chi connectivity index (χ3n) is 6.30. The Kier molecular flexibility index (Phi) is 7.60. The number of aryl methyl sites for hydroxylation is 1. The highest BCUT2D eigenvalue weighted by atomic mass is 32.1. The summed E-state index contributed by atoms with van der Waals surface area (Å²) in [5.41, 5.74) is 1.99. The summed E-state index contributed by atoms with van der Waals surface area (Å²) < 4.78 is 8.28. The Bertz CT molecular complexity index is 1110. The second kappa shape index (κ2) is 10.8. The molecule has 0 saturated carbocycles. The molecule has 32 heavy (non-hydrogen) atoms.